The van der Waals surface area contributed by atoms with Crippen LogP contribution in [0.3, 0.4) is 0 Å². The molecule has 172 valence electrons. The molecule has 0 saturated carbocycles. The molecular formula is C23H18F4N2O4. The van der Waals surface area contributed by atoms with Crippen LogP contribution in [0.5, 0.6) is 0 Å². The number of hydrogen-bond donors (Lipinski definition) is 1. The molecule has 3 aromatic rings. The van der Waals surface area contributed by atoms with E-state index in [0.29, 0.717) is 29.1 Å². The van der Waals surface area contributed by atoms with Gasteiger partial charge in [0.2, 0.25) is 0 Å². The largest absolute Gasteiger partial charge is 0.491 e. The fourth-order valence-electron chi connectivity index (χ4n) is 3.44. The second-order valence-electron chi connectivity index (χ2n) is 7.27. The molecule has 1 aromatic heterocycles. The lowest BCUT2D eigenvalue weighted by molar-refractivity contribution is -0.141. The van der Waals surface area contributed by atoms with E-state index in [0.717, 1.165) is 23.6 Å². The predicted octanol–water partition coefficient (Wildman–Crippen LogP) is 5.52. The third-order valence-corrected chi connectivity index (χ3v) is 5.02. The van der Waals surface area contributed by atoms with Gasteiger partial charge in [-0.15, -0.1) is 0 Å². The van der Waals surface area contributed by atoms with E-state index < -0.39 is 30.1 Å². The topological polar surface area (TPSA) is 73.6 Å². The highest BCUT2D eigenvalue weighted by Gasteiger charge is 2.30. The number of ether oxygens (including phenoxy) is 2. The van der Waals surface area contributed by atoms with Gasteiger partial charge in [0.15, 0.2) is 12.4 Å². The van der Waals surface area contributed by atoms with Crippen molar-refractivity contribution in [3.05, 3.63) is 83.2 Å². The quantitative estimate of drug-likeness (QED) is 0.468. The molecule has 0 radical (unpaired) electrons. The maximum atomic E-state index is 14.2. The number of halogens is 4. The van der Waals surface area contributed by atoms with E-state index >= 15 is 0 Å². The van der Waals surface area contributed by atoms with Crippen molar-refractivity contribution in [3.63, 3.8) is 0 Å². The van der Waals surface area contributed by atoms with Crippen molar-refractivity contribution in [3.8, 4) is 5.69 Å². The Kier molecular flexibility index (Phi) is 6.08. The molecule has 0 aliphatic heterocycles. The molecule has 6 nitrogen and oxygen atoms in total. The molecule has 2 aromatic carbocycles. The minimum atomic E-state index is -4.43. The van der Waals surface area contributed by atoms with Gasteiger partial charge in [0.05, 0.1) is 16.8 Å². The van der Waals surface area contributed by atoms with Gasteiger partial charge in [-0.05, 0) is 30.3 Å². The van der Waals surface area contributed by atoms with Gasteiger partial charge in [0, 0.05) is 24.3 Å². The lowest BCUT2D eigenvalue weighted by atomic mass is 10.1. The first-order chi connectivity index (χ1) is 15.7. The van der Waals surface area contributed by atoms with Gasteiger partial charge in [-0.3, -0.25) is 0 Å². The number of hydrogen-bond acceptors (Lipinski definition) is 4. The summed E-state index contributed by atoms with van der Waals surface area (Å²) in [7, 11) is 0. The van der Waals surface area contributed by atoms with Crippen LogP contribution in [-0.4, -0.2) is 27.5 Å². The van der Waals surface area contributed by atoms with Crippen LogP contribution in [0.4, 0.5) is 17.6 Å². The standard InChI is InChI=1S/C23H18F4N2O4/c24-18-11-16(9-10-21(18)33-13-22(30)31)32-12-19-17-3-1-2-4-20(17)29(28-19)15-7-5-14(6-8-15)23(25,26)27/h1-8,11H,9-10,12-13H2,(H,30,31). The highest BCUT2D eigenvalue weighted by molar-refractivity contribution is 5.83. The van der Waals surface area contributed by atoms with E-state index in [1.54, 1.807) is 18.2 Å². The van der Waals surface area contributed by atoms with Crippen molar-refractivity contribution >= 4 is 16.9 Å². The maximum absolute atomic E-state index is 14.2. The van der Waals surface area contributed by atoms with Gasteiger partial charge in [-0.25, -0.2) is 13.9 Å². The van der Waals surface area contributed by atoms with Crippen LogP contribution in [0.25, 0.3) is 16.6 Å². The minimum Gasteiger partial charge on any atom is -0.491 e. The number of para-hydroxylation sites is 1. The number of carboxylic acids is 1. The van der Waals surface area contributed by atoms with Crippen LogP contribution < -0.4 is 0 Å². The van der Waals surface area contributed by atoms with Gasteiger partial charge >= 0.3 is 12.1 Å². The summed E-state index contributed by atoms with van der Waals surface area (Å²) in [6, 6.07) is 11.9. The van der Waals surface area contributed by atoms with Gasteiger partial charge in [0.25, 0.3) is 0 Å². The zero-order valence-electron chi connectivity index (χ0n) is 17.1. The summed E-state index contributed by atoms with van der Waals surface area (Å²) in [4.78, 5) is 10.6. The predicted molar refractivity (Wildman–Crippen MR) is 110 cm³/mol. The van der Waals surface area contributed by atoms with Crippen LogP contribution in [0.15, 0.2) is 72.0 Å². The fourth-order valence-corrected chi connectivity index (χ4v) is 3.44. The summed E-state index contributed by atoms with van der Waals surface area (Å²) in [5.74, 6) is -1.58. The third kappa shape index (κ3) is 5.00. The van der Waals surface area contributed by atoms with E-state index in [9.17, 15) is 22.4 Å². The number of carboxylic acid groups (broad SMARTS) is 1. The van der Waals surface area contributed by atoms with Crippen molar-refractivity contribution in [1.82, 2.24) is 9.78 Å². The van der Waals surface area contributed by atoms with E-state index in [1.165, 1.54) is 16.8 Å². The van der Waals surface area contributed by atoms with E-state index in [-0.39, 0.29) is 18.8 Å². The Hall–Kier alpha value is -3.82. The molecule has 0 bridgehead atoms. The molecule has 33 heavy (non-hydrogen) atoms. The molecule has 0 amide bonds. The number of nitrogens with zero attached hydrogens (tertiary/aromatic N) is 2. The minimum absolute atomic E-state index is 0.0125. The average molecular weight is 462 g/mol. The first-order valence-electron chi connectivity index (χ1n) is 9.93. The Labute approximate surface area is 185 Å². The Bertz CT molecular complexity index is 1240. The number of fused-ring (bicyclic) bond motifs is 1. The summed E-state index contributed by atoms with van der Waals surface area (Å²) in [5.41, 5.74) is 0.918. The number of aliphatic carboxylic acids is 1. The van der Waals surface area contributed by atoms with Crippen molar-refractivity contribution in [2.24, 2.45) is 0 Å². The van der Waals surface area contributed by atoms with Crippen LogP contribution in [0.2, 0.25) is 0 Å². The molecule has 0 spiro atoms. The van der Waals surface area contributed by atoms with Crippen molar-refractivity contribution in [2.75, 3.05) is 6.61 Å². The molecule has 0 unspecified atom stereocenters. The zero-order valence-corrected chi connectivity index (χ0v) is 17.1. The van der Waals surface area contributed by atoms with Gasteiger partial charge < -0.3 is 14.6 Å². The zero-order chi connectivity index (χ0) is 23.6. The van der Waals surface area contributed by atoms with E-state index in [4.69, 9.17) is 14.6 Å². The Morgan fingerprint density at radius 2 is 1.79 bits per heavy atom. The number of benzene rings is 2. The van der Waals surface area contributed by atoms with Crippen LogP contribution in [0.1, 0.15) is 24.1 Å². The molecule has 0 atom stereocenters. The lowest BCUT2D eigenvalue weighted by Gasteiger charge is -2.16. The smallest absolute Gasteiger partial charge is 0.416 e. The first-order valence-corrected chi connectivity index (χ1v) is 9.93. The number of rotatable bonds is 7. The van der Waals surface area contributed by atoms with Gasteiger partial charge in [0.1, 0.15) is 23.8 Å². The summed E-state index contributed by atoms with van der Waals surface area (Å²) in [6.45, 7) is -0.612. The maximum Gasteiger partial charge on any atom is 0.416 e. The second-order valence-corrected chi connectivity index (χ2v) is 7.27. The van der Waals surface area contributed by atoms with E-state index in [1.807, 2.05) is 6.07 Å². The van der Waals surface area contributed by atoms with Crippen LogP contribution in [0, 0.1) is 0 Å². The molecule has 4 rings (SSSR count). The summed E-state index contributed by atoms with van der Waals surface area (Å²) in [5, 5.41) is 13.9. The van der Waals surface area contributed by atoms with Crippen LogP contribution >= 0.6 is 0 Å². The van der Waals surface area contributed by atoms with Crippen molar-refractivity contribution in [1.29, 1.82) is 0 Å². The average Bonchev–Trinajstić information content (AvgIpc) is 3.15. The molecule has 1 N–H and O–H groups in total. The third-order valence-electron chi connectivity index (χ3n) is 5.02. The van der Waals surface area contributed by atoms with Gasteiger partial charge in [-0.2, -0.15) is 18.3 Å². The Morgan fingerprint density at radius 1 is 1.06 bits per heavy atom. The molecule has 0 saturated heterocycles. The normalized spacial score (nSPS) is 14.4. The van der Waals surface area contributed by atoms with Crippen molar-refractivity contribution in [2.45, 2.75) is 25.6 Å². The molecule has 1 heterocycles. The van der Waals surface area contributed by atoms with E-state index in [2.05, 4.69) is 5.10 Å². The monoisotopic (exact) mass is 462 g/mol. The molecule has 0 fully saturated rings. The van der Waals surface area contributed by atoms with Gasteiger partial charge in [-0.1, -0.05) is 18.2 Å². The first kappa shape index (κ1) is 22.4. The number of carbonyl (C=O) groups is 1. The highest BCUT2D eigenvalue weighted by Crippen LogP contribution is 2.31. The summed E-state index contributed by atoms with van der Waals surface area (Å²) in [6.07, 6.45) is -2.80. The fraction of sp³-hybridized carbons (Fsp3) is 0.217. The SMILES string of the molecule is O=C(O)COC1=C(F)C=C(OCc2nn(-c3ccc(C(F)(F)F)cc3)c3ccccc23)CC1. The number of aromatic nitrogens is 2. The number of alkyl halides is 3. The van der Waals surface area contributed by atoms with Crippen LogP contribution in [-0.2, 0) is 27.1 Å². The lowest BCUT2D eigenvalue weighted by Crippen LogP contribution is -2.10. The Morgan fingerprint density at radius 3 is 2.45 bits per heavy atom. The summed E-state index contributed by atoms with van der Waals surface area (Å²) < 4.78 is 65.0. The number of allylic oxidation sites excluding steroid dienone is 4. The molecular weight excluding hydrogens is 444 g/mol. The summed E-state index contributed by atoms with van der Waals surface area (Å²) >= 11 is 0. The molecule has 1 aliphatic carbocycles. The molecule has 1 aliphatic rings. The van der Waals surface area contributed by atoms with Crippen molar-refractivity contribution < 1.29 is 36.9 Å². The second kappa shape index (κ2) is 8.97. The molecule has 10 heteroatoms. The Balaban J connectivity index is 1.55. The highest BCUT2D eigenvalue weighted by atomic mass is 19.4.